The molecule has 0 amide bonds. The fourth-order valence-corrected chi connectivity index (χ4v) is 4.48. The average Bonchev–Trinajstić information content (AvgIpc) is 3.50. The van der Waals surface area contributed by atoms with Crippen molar-refractivity contribution in [1.29, 1.82) is 0 Å². The summed E-state index contributed by atoms with van der Waals surface area (Å²) in [5, 5.41) is 12.8. The third-order valence-electron chi connectivity index (χ3n) is 6.07. The summed E-state index contributed by atoms with van der Waals surface area (Å²) >= 11 is 0. The normalized spacial score (nSPS) is 21.1. The summed E-state index contributed by atoms with van der Waals surface area (Å²) < 4.78 is 17.3. The van der Waals surface area contributed by atoms with Gasteiger partial charge < -0.3 is 13.7 Å². The predicted molar refractivity (Wildman–Crippen MR) is 107 cm³/mol. The topological polar surface area (TPSA) is 77.4 Å². The molecule has 1 atom stereocenters. The van der Waals surface area contributed by atoms with Crippen molar-refractivity contribution >= 4 is 0 Å². The lowest BCUT2D eigenvalue weighted by Gasteiger charge is -2.33. The highest BCUT2D eigenvalue weighted by molar-refractivity contribution is 5.77. The van der Waals surface area contributed by atoms with E-state index in [2.05, 4.69) is 20.3 Å². The van der Waals surface area contributed by atoms with Crippen LogP contribution in [0.3, 0.4) is 0 Å². The highest BCUT2D eigenvalue weighted by Crippen LogP contribution is 2.34. The summed E-state index contributed by atoms with van der Waals surface area (Å²) in [7, 11) is 0. The zero-order valence-corrected chi connectivity index (χ0v) is 16.7. The molecule has 1 aromatic carbocycles. The molecule has 5 rings (SSSR count). The zero-order valence-electron chi connectivity index (χ0n) is 16.7. The quantitative estimate of drug-likeness (QED) is 0.645. The molecule has 2 saturated heterocycles. The first kappa shape index (κ1) is 18.5. The Morgan fingerprint density at radius 1 is 1.07 bits per heavy atom. The van der Waals surface area contributed by atoms with E-state index < -0.39 is 0 Å². The number of benzene rings is 1. The first-order valence-electron chi connectivity index (χ1n) is 10.5. The smallest absolute Gasteiger partial charge is 0.253 e. The van der Waals surface area contributed by atoms with Crippen molar-refractivity contribution < 1.29 is 13.7 Å². The van der Waals surface area contributed by atoms with Crippen LogP contribution in [-0.4, -0.2) is 46.1 Å². The number of aromatic nitrogens is 3. The van der Waals surface area contributed by atoms with Crippen LogP contribution in [0.25, 0.3) is 22.7 Å². The summed E-state index contributed by atoms with van der Waals surface area (Å²) in [6.07, 6.45) is 5.26. The number of piperidine rings is 1. The Morgan fingerprint density at radius 2 is 1.90 bits per heavy atom. The lowest BCUT2D eigenvalue weighted by Crippen LogP contribution is -2.37. The highest BCUT2D eigenvalue weighted by atomic mass is 16.5. The second-order valence-corrected chi connectivity index (χ2v) is 7.99. The van der Waals surface area contributed by atoms with Crippen molar-refractivity contribution in [3.8, 4) is 22.7 Å². The maximum Gasteiger partial charge on any atom is 0.253 e. The molecule has 0 radical (unpaired) electrons. The minimum Gasteiger partial charge on any atom is -0.419 e. The van der Waals surface area contributed by atoms with E-state index >= 15 is 0 Å². The van der Waals surface area contributed by atoms with Crippen LogP contribution in [0.15, 0.2) is 39.3 Å². The maximum atomic E-state index is 6.01. The summed E-state index contributed by atoms with van der Waals surface area (Å²) in [4.78, 5) is 2.39. The Hall–Kier alpha value is -2.51. The van der Waals surface area contributed by atoms with Gasteiger partial charge in [0.2, 0.25) is 5.89 Å². The Bertz CT molecular complexity index is 938. The number of aryl methyl sites for hydroxylation is 1. The van der Waals surface area contributed by atoms with Crippen molar-refractivity contribution in [2.75, 3.05) is 19.7 Å². The molecule has 3 aromatic rings. The minimum atomic E-state index is 0.465. The van der Waals surface area contributed by atoms with E-state index in [1.54, 1.807) is 0 Å². The fourth-order valence-electron chi connectivity index (χ4n) is 4.48. The van der Waals surface area contributed by atoms with Crippen molar-refractivity contribution in [1.82, 2.24) is 20.3 Å². The number of rotatable bonds is 5. The summed E-state index contributed by atoms with van der Waals surface area (Å²) in [5.74, 6) is 2.47. The van der Waals surface area contributed by atoms with Gasteiger partial charge in [0.1, 0.15) is 17.0 Å². The molecule has 0 N–H and O–H groups in total. The number of hydrogen-bond donors (Lipinski definition) is 0. The number of likely N-dealkylation sites (tertiary alicyclic amines) is 1. The van der Waals surface area contributed by atoms with Crippen LogP contribution in [0.4, 0.5) is 0 Å². The van der Waals surface area contributed by atoms with Gasteiger partial charge in [0.05, 0.1) is 12.6 Å². The second-order valence-electron chi connectivity index (χ2n) is 7.99. The van der Waals surface area contributed by atoms with Crippen LogP contribution in [0.1, 0.15) is 37.3 Å². The van der Waals surface area contributed by atoms with Crippen molar-refractivity contribution in [2.24, 2.45) is 5.92 Å². The van der Waals surface area contributed by atoms with Gasteiger partial charge in [-0.05, 0) is 51.6 Å². The van der Waals surface area contributed by atoms with Crippen molar-refractivity contribution in [3.05, 3.63) is 42.0 Å². The molecule has 2 aliphatic rings. The summed E-state index contributed by atoms with van der Waals surface area (Å²) in [5.41, 5.74) is 2.47. The average molecular weight is 394 g/mol. The molecule has 7 nitrogen and oxygen atoms in total. The molecule has 0 aliphatic carbocycles. The van der Waals surface area contributed by atoms with Crippen LogP contribution in [0.5, 0.6) is 0 Å². The van der Waals surface area contributed by atoms with E-state index in [1.807, 2.05) is 37.3 Å². The molecule has 4 heterocycles. The fraction of sp³-hybridized carbons (Fsp3) is 0.500. The van der Waals surface area contributed by atoms with E-state index in [0.717, 1.165) is 36.5 Å². The van der Waals surface area contributed by atoms with Gasteiger partial charge >= 0.3 is 0 Å². The van der Waals surface area contributed by atoms with Crippen LogP contribution >= 0.6 is 0 Å². The molecule has 152 valence electrons. The van der Waals surface area contributed by atoms with Crippen LogP contribution in [-0.2, 0) is 11.3 Å². The first-order chi connectivity index (χ1) is 14.3. The standard InChI is InChI=1S/C22H26N4O3/c1-15-20(21(25-29-15)17-6-3-2-4-7-17)22-24-23-19(28-22)14-26-11-9-16(10-12-26)18-8-5-13-27-18/h2-4,6-7,16,18H,5,8-14H2,1H3. The third-order valence-corrected chi connectivity index (χ3v) is 6.07. The van der Waals surface area contributed by atoms with Crippen molar-refractivity contribution in [2.45, 2.75) is 45.3 Å². The molecule has 0 bridgehead atoms. The first-order valence-corrected chi connectivity index (χ1v) is 10.5. The van der Waals surface area contributed by atoms with Crippen molar-refractivity contribution in [3.63, 3.8) is 0 Å². The van der Waals surface area contributed by atoms with Gasteiger partial charge in [-0.2, -0.15) is 0 Å². The molecular weight excluding hydrogens is 368 g/mol. The van der Waals surface area contributed by atoms with Gasteiger partial charge in [-0.1, -0.05) is 35.5 Å². The summed E-state index contributed by atoms with van der Waals surface area (Å²) in [6.45, 7) is 5.57. The molecule has 1 unspecified atom stereocenters. The summed E-state index contributed by atoms with van der Waals surface area (Å²) in [6, 6.07) is 9.92. The molecule has 2 fully saturated rings. The Labute approximate surface area is 170 Å². The van der Waals surface area contributed by atoms with Gasteiger partial charge in [-0.15, -0.1) is 10.2 Å². The maximum absolute atomic E-state index is 6.01. The predicted octanol–water partition coefficient (Wildman–Crippen LogP) is 4.09. The Kier molecular flexibility index (Phi) is 5.16. The molecule has 7 heteroatoms. The largest absolute Gasteiger partial charge is 0.419 e. The molecule has 0 spiro atoms. The second kappa shape index (κ2) is 8.08. The number of nitrogens with zero attached hydrogens (tertiary/aromatic N) is 4. The lowest BCUT2D eigenvalue weighted by atomic mass is 9.90. The van der Waals surface area contributed by atoms with E-state index in [9.17, 15) is 0 Å². The molecule has 2 aromatic heterocycles. The minimum absolute atomic E-state index is 0.465. The van der Waals surface area contributed by atoms with Gasteiger partial charge in [0, 0.05) is 12.2 Å². The van der Waals surface area contributed by atoms with E-state index in [4.69, 9.17) is 13.7 Å². The van der Waals surface area contributed by atoms with Gasteiger partial charge in [-0.3, -0.25) is 4.90 Å². The Morgan fingerprint density at radius 3 is 2.66 bits per heavy atom. The van der Waals surface area contributed by atoms with E-state index in [-0.39, 0.29) is 0 Å². The van der Waals surface area contributed by atoms with Gasteiger partial charge in [0.25, 0.3) is 5.89 Å². The number of ether oxygens (including phenoxy) is 1. The van der Waals surface area contributed by atoms with Gasteiger partial charge in [-0.25, -0.2) is 0 Å². The third kappa shape index (κ3) is 3.84. The number of hydrogen-bond acceptors (Lipinski definition) is 7. The molecule has 29 heavy (non-hydrogen) atoms. The Balaban J connectivity index is 1.27. The molecule has 0 saturated carbocycles. The molecular formula is C22H26N4O3. The van der Waals surface area contributed by atoms with E-state index in [0.29, 0.717) is 36.1 Å². The SMILES string of the molecule is Cc1onc(-c2ccccc2)c1-c1nnc(CN2CCC(C3CCCO3)CC2)o1. The monoisotopic (exact) mass is 394 g/mol. The van der Waals surface area contributed by atoms with Gasteiger partial charge in [0.15, 0.2) is 0 Å². The molecule has 2 aliphatic heterocycles. The lowest BCUT2D eigenvalue weighted by molar-refractivity contribution is 0.0291. The van der Waals surface area contributed by atoms with Crippen LogP contribution in [0.2, 0.25) is 0 Å². The van der Waals surface area contributed by atoms with E-state index in [1.165, 1.54) is 25.7 Å². The van der Waals surface area contributed by atoms with Crippen LogP contribution in [0, 0.1) is 12.8 Å². The highest BCUT2D eigenvalue weighted by Gasteiger charge is 2.30. The zero-order chi connectivity index (χ0) is 19.6. The van der Waals surface area contributed by atoms with Crippen LogP contribution < -0.4 is 0 Å².